The molecular weight excluding hydrogens is 733 g/mol. The van der Waals surface area contributed by atoms with E-state index >= 15 is 0 Å². The summed E-state index contributed by atoms with van der Waals surface area (Å²) in [7, 11) is 0. The molecule has 0 aliphatic heterocycles. The number of para-hydroxylation sites is 3. The van der Waals surface area contributed by atoms with Crippen LogP contribution in [0, 0.1) is 0 Å². The van der Waals surface area contributed by atoms with E-state index in [9.17, 15) is 0 Å². The van der Waals surface area contributed by atoms with E-state index < -0.39 is 0 Å². The van der Waals surface area contributed by atoms with E-state index in [1.807, 2.05) is 30.3 Å². The average Bonchev–Trinajstić information content (AvgIpc) is 4.01. The Morgan fingerprint density at radius 2 is 0.850 bits per heavy atom. The third-order valence-electron chi connectivity index (χ3n) is 11.8. The zero-order valence-electron chi connectivity index (χ0n) is 32.5. The third kappa shape index (κ3) is 5.69. The minimum absolute atomic E-state index is 0.860. The van der Waals surface area contributed by atoms with Crippen LogP contribution in [0.4, 0.5) is 17.1 Å². The van der Waals surface area contributed by atoms with E-state index in [0.29, 0.717) is 0 Å². The fourth-order valence-corrected chi connectivity index (χ4v) is 8.85. The maximum Gasteiger partial charge on any atom is 0.137 e. The van der Waals surface area contributed by atoms with Gasteiger partial charge in [-0.15, -0.1) is 0 Å². The summed E-state index contributed by atoms with van der Waals surface area (Å²) in [6.45, 7) is 0. The van der Waals surface area contributed by atoms with Crippen molar-refractivity contribution < 1.29 is 8.83 Å². The van der Waals surface area contributed by atoms with Crippen LogP contribution in [0.15, 0.2) is 227 Å². The van der Waals surface area contributed by atoms with Gasteiger partial charge >= 0.3 is 0 Å². The van der Waals surface area contributed by atoms with E-state index in [1.54, 1.807) is 0 Å². The minimum Gasteiger partial charge on any atom is -0.456 e. The Balaban J connectivity index is 0.893. The summed E-state index contributed by atoms with van der Waals surface area (Å²) in [4.78, 5) is 2.31. The van der Waals surface area contributed by atoms with Crippen LogP contribution in [0.2, 0.25) is 0 Å². The molecule has 0 N–H and O–H groups in total. The van der Waals surface area contributed by atoms with Gasteiger partial charge in [0.25, 0.3) is 0 Å². The number of hydrogen-bond donors (Lipinski definition) is 0. The Kier molecular flexibility index (Phi) is 7.82. The number of fused-ring (bicyclic) bond motifs is 7. The van der Waals surface area contributed by atoms with Crippen LogP contribution < -0.4 is 4.90 Å². The highest BCUT2D eigenvalue weighted by Gasteiger charge is 2.18. The van der Waals surface area contributed by atoms with Gasteiger partial charge in [0.1, 0.15) is 22.5 Å². The maximum absolute atomic E-state index is 6.34. The van der Waals surface area contributed by atoms with Crippen LogP contribution in [0.5, 0.6) is 0 Å². The molecule has 0 spiro atoms. The molecule has 0 unspecified atom stereocenters. The van der Waals surface area contributed by atoms with Gasteiger partial charge in [-0.3, -0.25) is 0 Å². The number of furan rings is 2. The number of anilines is 3. The Labute approximate surface area is 346 Å². The zero-order chi connectivity index (χ0) is 39.6. The van der Waals surface area contributed by atoms with Gasteiger partial charge < -0.3 is 18.3 Å². The standard InChI is InChI=1S/C56H36N2O2/c1-2-10-37(11-3-1)38-18-26-43(27-19-38)57(45-32-24-41(25-33-45)55-34-42-12-4-8-16-53(42)59-55)44-28-20-39(21-29-44)40-22-30-46(31-23-40)58-51-15-7-5-13-47(51)49-35-50-48-14-6-9-17-54(48)60-56(50)36-52(49)58/h1-36H. The van der Waals surface area contributed by atoms with Gasteiger partial charge in [-0.25, -0.2) is 0 Å². The SMILES string of the molecule is c1ccc(-c2ccc(N(c3ccc(-c4ccc(-n5c6ccccc6c6cc7c(cc65)oc5ccccc57)cc4)cc3)c3ccc(-c4cc5ccccc5o4)cc3)cc2)cc1. The summed E-state index contributed by atoms with van der Waals surface area (Å²) in [5.74, 6) is 0.860. The lowest BCUT2D eigenvalue weighted by molar-refractivity contribution is 0.631. The Bertz CT molecular complexity index is 3470. The highest BCUT2D eigenvalue weighted by atomic mass is 16.3. The molecule has 60 heavy (non-hydrogen) atoms. The molecule has 9 aromatic carbocycles. The first-order chi connectivity index (χ1) is 29.7. The predicted octanol–water partition coefficient (Wildman–Crippen LogP) is 15.9. The molecule has 3 aromatic heterocycles. The number of benzene rings is 9. The number of rotatable bonds is 7. The summed E-state index contributed by atoms with van der Waals surface area (Å²) in [5, 5.41) is 5.82. The first-order valence-corrected chi connectivity index (χ1v) is 20.3. The van der Waals surface area contributed by atoms with Crippen LogP contribution in [0.1, 0.15) is 0 Å². The minimum atomic E-state index is 0.860. The normalized spacial score (nSPS) is 11.7. The molecule has 0 fully saturated rings. The van der Waals surface area contributed by atoms with Crippen molar-refractivity contribution in [1.29, 1.82) is 0 Å². The van der Waals surface area contributed by atoms with E-state index in [-0.39, 0.29) is 0 Å². The topological polar surface area (TPSA) is 34.5 Å². The fourth-order valence-electron chi connectivity index (χ4n) is 8.85. The average molecular weight is 769 g/mol. The summed E-state index contributed by atoms with van der Waals surface area (Å²) < 4.78 is 14.9. The van der Waals surface area contributed by atoms with Crippen molar-refractivity contribution in [2.75, 3.05) is 4.90 Å². The highest BCUT2D eigenvalue weighted by Crippen LogP contribution is 2.40. The summed E-state index contributed by atoms with van der Waals surface area (Å²) in [6, 6.07) is 77.4. The molecular formula is C56H36N2O2. The van der Waals surface area contributed by atoms with Crippen LogP contribution >= 0.6 is 0 Å². The van der Waals surface area contributed by atoms with Crippen molar-refractivity contribution >= 4 is 71.8 Å². The molecule has 0 saturated carbocycles. The molecule has 12 aromatic rings. The smallest absolute Gasteiger partial charge is 0.137 e. The van der Waals surface area contributed by atoms with Gasteiger partial charge in [-0.05, 0) is 113 Å². The second-order valence-corrected chi connectivity index (χ2v) is 15.4. The molecule has 0 aliphatic rings. The second-order valence-electron chi connectivity index (χ2n) is 15.4. The predicted molar refractivity (Wildman–Crippen MR) is 249 cm³/mol. The van der Waals surface area contributed by atoms with Gasteiger partial charge in [0, 0.05) is 61.3 Å². The maximum atomic E-state index is 6.34. The van der Waals surface area contributed by atoms with E-state index in [1.165, 1.54) is 27.4 Å². The first kappa shape index (κ1) is 34.0. The van der Waals surface area contributed by atoms with Gasteiger partial charge in [0.05, 0.1) is 11.0 Å². The van der Waals surface area contributed by atoms with Gasteiger partial charge in [-0.1, -0.05) is 121 Å². The molecule has 4 heteroatoms. The zero-order valence-corrected chi connectivity index (χ0v) is 32.5. The van der Waals surface area contributed by atoms with E-state index in [4.69, 9.17) is 8.83 Å². The van der Waals surface area contributed by atoms with Gasteiger partial charge in [0.15, 0.2) is 0 Å². The fraction of sp³-hybridized carbons (Fsp3) is 0. The Hall–Kier alpha value is -8.08. The van der Waals surface area contributed by atoms with Crippen LogP contribution in [-0.2, 0) is 0 Å². The molecule has 0 radical (unpaired) electrons. The van der Waals surface area contributed by atoms with Crippen molar-refractivity contribution in [2.45, 2.75) is 0 Å². The van der Waals surface area contributed by atoms with Crippen LogP contribution in [0.3, 0.4) is 0 Å². The quantitative estimate of drug-likeness (QED) is 0.162. The molecule has 4 nitrogen and oxygen atoms in total. The lowest BCUT2D eigenvalue weighted by Crippen LogP contribution is -2.09. The molecule has 0 saturated heterocycles. The van der Waals surface area contributed by atoms with E-state index in [0.717, 1.165) is 83.6 Å². The largest absolute Gasteiger partial charge is 0.456 e. The molecule has 0 atom stereocenters. The number of aromatic nitrogens is 1. The van der Waals surface area contributed by atoms with Crippen LogP contribution in [0.25, 0.3) is 94.0 Å². The van der Waals surface area contributed by atoms with Gasteiger partial charge in [-0.2, -0.15) is 0 Å². The van der Waals surface area contributed by atoms with Crippen molar-refractivity contribution in [1.82, 2.24) is 4.57 Å². The van der Waals surface area contributed by atoms with Crippen molar-refractivity contribution in [3.8, 4) is 39.3 Å². The number of nitrogens with zero attached hydrogens (tertiary/aromatic N) is 2. The summed E-state index contributed by atoms with van der Waals surface area (Å²) in [6.07, 6.45) is 0. The Morgan fingerprint density at radius 1 is 0.317 bits per heavy atom. The lowest BCUT2D eigenvalue weighted by Gasteiger charge is -2.26. The van der Waals surface area contributed by atoms with E-state index in [2.05, 4.69) is 198 Å². The third-order valence-corrected chi connectivity index (χ3v) is 11.8. The number of hydrogen-bond acceptors (Lipinski definition) is 3. The van der Waals surface area contributed by atoms with Gasteiger partial charge in [0.2, 0.25) is 0 Å². The lowest BCUT2D eigenvalue weighted by atomic mass is 10.0. The molecule has 282 valence electrons. The molecule has 0 amide bonds. The molecule has 0 aliphatic carbocycles. The molecule has 3 heterocycles. The Morgan fingerprint density at radius 3 is 1.52 bits per heavy atom. The van der Waals surface area contributed by atoms with Crippen molar-refractivity contribution in [3.63, 3.8) is 0 Å². The molecule has 12 rings (SSSR count). The van der Waals surface area contributed by atoms with Crippen LogP contribution in [-0.4, -0.2) is 4.57 Å². The van der Waals surface area contributed by atoms with Crippen molar-refractivity contribution in [2.24, 2.45) is 0 Å². The highest BCUT2D eigenvalue weighted by molar-refractivity contribution is 6.17. The molecule has 0 bridgehead atoms. The summed E-state index contributed by atoms with van der Waals surface area (Å²) >= 11 is 0. The van der Waals surface area contributed by atoms with Crippen molar-refractivity contribution in [3.05, 3.63) is 218 Å². The monoisotopic (exact) mass is 768 g/mol. The first-order valence-electron chi connectivity index (χ1n) is 20.3. The summed E-state index contributed by atoms with van der Waals surface area (Å²) in [5.41, 5.74) is 15.0. The second kappa shape index (κ2) is 13.8.